The van der Waals surface area contributed by atoms with Gasteiger partial charge in [0.2, 0.25) is 0 Å². The minimum atomic E-state index is 1.04. The molecule has 0 bridgehead atoms. The minimum Gasteiger partial charge on any atom is -0.249 e. The number of unbranched alkanes of at least 4 members (excludes halogenated alkanes) is 2. The lowest BCUT2D eigenvalue weighted by atomic mass is 10.1. The first-order valence-electron chi connectivity index (χ1n) is 7.50. The zero-order valence-corrected chi connectivity index (χ0v) is 12.4. The predicted molar refractivity (Wildman–Crippen MR) is 81.5 cm³/mol. The molecule has 1 heterocycles. The highest BCUT2D eigenvalue weighted by atomic mass is 14.8. The summed E-state index contributed by atoms with van der Waals surface area (Å²) >= 11 is 0. The number of rotatable bonds is 6. The van der Waals surface area contributed by atoms with E-state index in [1.807, 2.05) is 0 Å². The summed E-state index contributed by atoms with van der Waals surface area (Å²) < 4.78 is 0. The van der Waals surface area contributed by atoms with E-state index in [0.717, 1.165) is 23.9 Å². The third kappa shape index (κ3) is 3.52. The van der Waals surface area contributed by atoms with Gasteiger partial charge in [-0.05, 0) is 50.3 Å². The van der Waals surface area contributed by atoms with Crippen LogP contribution in [-0.4, -0.2) is 9.97 Å². The summed E-state index contributed by atoms with van der Waals surface area (Å²) in [6.45, 7) is 6.56. The zero-order chi connectivity index (χ0) is 13.7. The zero-order valence-electron chi connectivity index (χ0n) is 12.4. The van der Waals surface area contributed by atoms with Crippen LogP contribution in [-0.2, 0) is 12.8 Å². The molecule has 0 aliphatic carbocycles. The van der Waals surface area contributed by atoms with E-state index in [4.69, 9.17) is 9.97 Å². The molecular formula is C17H24N2. The average molecular weight is 256 g/mol. The van der Waals surface area contributed by atoms with Crippen LogP contribution in [0.5, 0.6) is 0 Å². The number of hydrogen-bond donors (Lipinski definition) is 0. The van der Waals surface area contributed by atoms with Gasteiger partial charge >= 0.3 is 0 Å². The van der Waals surface area contributed by atoms with Gasteiger partial charge < -0.3 is 0 Å². The van der Waals surface area contributed by atoms with Crippen molar-refractivity contribution in [1.82, 2.24) is 9.97 Å². The molecule has 1 aromatic heterocycles. The van der Waals surface area contributed by atoms with Crippen molar-refractivity contribution in [3.63, 3.8) is 0 Å². The van der Waals surface area contributed by atoms with E-state index in [9.17, 15) is 0 Å². The van der Waals surface area contributed by atoms with Crippen LogP contribution in [0, 0.1) is 6.92 Å². The van der Waals surface area contributed by atoms with Crippen LogP contribution in [0.4, 0.5) is 0 Å². The van der Waals surface area contributed by atoms with Crippen molar-refractivity contribution < 1.29 is 0 Å². The van der Waals surface area contributed by atoms with Gasteiger partial charge in [-0.2, -0.15) is 0 Å². The van der Waals surface area contributed by atoms with Gasteiger partial charge in [-0.15, -0.1) is 0 Å². The first kappa shape index (κ1) is 14.0. The third-order valence-electron chi connectivity index (χ3n) is 3.51. The monoisotopic (exact) mass is 256 g/mol. The fourth-order valence-electron chi connectivity index (χ4n) is 2.33. The Balaban J connectivity index is 2.40. The molecule has 2 heteroatoms. The number of hydrogen-bond acceptors (Lipinski definition) is 2. The normalized spacial score (nSPS) is 11.1. The molecule has 0 unspecified atom stereocenters. The smallest absolute Gasteiger partial charge is 0.0893 e. The van der Waals surface area contributed by atoms with Crippen LogP contribution in [0.25, 0.3) is 11.0 Å². The molecular weight excluding hydrogens is 232 g/mol. The van der Waals surface area contributed by atoms with Crippen LogP contribution >= 0.6 is 0 Å². The van der Waals surface area contributed by atoms with Crippen LogP contribution in [0.1, 0.15) is 56.5 Å². The van der Waals surface area contributed by atoms with Gasteiger partial charge in [-0.25, -0.2) is 9.97 Å². The molecule has 0 atom stereocenters. The standard InChI is InChI=1S/C17H24N2/c1-4-6-8-14-15(9-7-5-2)19-17-12-13(3)10-11-16(17)18-14/h10-12H,4-9H2,1-3H3. The number of aromatic nitrogens is 2. The molecule has 0 radical (unpaired) electrons. The summed E-state index contributed by atoms with van der Waals surface area (Å²) in [5.41, 5.74) is 5.77. The summed E-state index contributed by atoms with van der Waals surface area (Å²) in [5, 5.41) is 0. The third-order valence-corrected chi connectivity index (χ3v) is 3.51. The Hall–Kier alpha value is -1.44. The maximum Gasteiger partial charge on any atom is 0.0893 e. The molecule has 2 nitrogen and oxygen atoms in total. The first-order chi connectivity index (χ1) is 9.24. The summed E-state index contributed by atoms with van der Waals surface area (Å²) in [6, 6.07) is 6.35. The number of benzene rings is 1. The molecule has 0 saturated heterocycles. The van der Waals surface area contributed by atoms with Gasteiger partial charge in [0.15, 0.2) is 0 Å². The Morgan fingerprint density at radius 1 is 0.842 bits per heavy atom. The molecule has 1 aromatic carbocycles. The number of nitrogens with zero attached hydrogens (tertiary/aromatic N) is 2. The van der Waals surface area contributed by atoms with Crippen molar-refractivity contribution in [3.05, 3.63) is 35.2 Å². The number of aryl methyl sites for hydroxylation is 3. The highest BCUT2D eigenvalue weighted by Gasteiger charge is 2.08. The van der Waals surface area contributed by atoms with Crippen LogP contribution in [0.2, 0.25) is 0 Å². The second-order valence-corrected chi connectivity index (χ2v) is 5.32. The van der Waals surface area contributed by atoms with Crippen LogP contribution in [0.15, 0.2) is 18.2 Å². The fourth-order valence-corrected chi connectivity index (χ4v) is 2.33. The van der Waals surface area contributed by atoms with Crippen molar-refractivity contribution in [2.75, 3.05) is 0 Å². The quantitative estimate of drug-likeness (QED) is 0.753. The van der Waals surface area contributed by atoms with E-state index in [0.29, 0.717) is 0 Å². The van der Waals surface area contributed by atoms with Crippen molar-refractivity contribution in [1.29, 1.82) is 0 Å². The molecule has 0 saturated carbocycles. The lowest BCUT2D eigenvalue weighted by molar-refractivity contribution is 0.729. The van der Waals surface area contributed by atoms with Gasteiger partial charge in [-0.1, -0.05) is 32.8 Å². The molecule has 2 rings (SSSR count). The lowest BCUT2D eigenvalue weighted by Crippen LogP contribution is -2.03. The Morgan fingerprint density at radius 2 is 1.42 bits per heavy atom. The Kier molecular flexibility index (Phi) is 4.89. The van der Waals surface area contributed by atoms with Crippen LogP contribution < -0.4 is 0 Å². The maximum atomic E-state index is 4.86. The van der Waals surface area contributed by atoms with E-state index in [1.165, 1.54) is 42.6 Å². The predicted octanol–water partition coefficient (Wildman–Crippen LogP) is 4.62. The molecule has 19 heavy (non-hydrogen) atoms. The molecule has 0 aliphatic rings. The van der Waals surface area contributed by atoms with Crippen molar-refractivity contribution in [2.45, 2.75) is 59.3 Å². The van der Waals surface area contributed by atoms with Crippen LogP contribution in [0.3, 0.4) is 0 Å². The topological polar surface area (TPSA) is 25.8 Å². The number of fused-ring (bicyclic) bond motifs is 1. The van der Waals surface area contributed by atoms with Gasteiger partial charge in [0.25, 0.3) is 0 Å². The second-order valence-electron chi connectivity index (χ2n) is 5.32. The molecule has 0 spiro atoms. The molecule has 0 N–H and O–H groups in total. The maximum absolute atomic E-state index is 4.86. The summed E-state index contributed by atoms with van der Waals surface area (Å²) in [5.74, 6) is 0. The average Bonchev–Trinajstić information content (AvgIpc) is 2.42. The van der Waals surface area contributed by atoms with E-state index in [1.54, 1.807) is 0 Å². The highest BCUT2D eigenvalue weighted by molar-refractivity contribution is 5.75. The molecule has 102 valence electrons. The van der Waals surface area contributed by atoms with Gasteiger partial charge in [-0.3, -0.25) is 0 Å². The summed E-state index contributed by atoms with van der Waals surface area (Å²) in [4.78, 5) is 9.71. The van der Waals surface area contributed by atoms with E-state index in [2.05, 4.69) is 39.0 Å². The van der Waals surface area contributed by atoms with E-state index >= 15 is 0 Å². The molecule has 0 amide bonds. The van der Waals surface area contributed by atoms with E-state index < -0.39 is 0 Å². The van der Waals surface area contributed by atoms with Crippen molar-refractivity contribution in [2.24, 2.45) is 0 Å². The SMILES string of the molecule is CCCCc1nc2ccc(C)cc2nc1CCCC. The Labute approximate surface area is 116 Å². The van der Waals surface area contributed by atoms with Gasteiger partial charge in [0.1, 0.15) is 0 Å². The fraction of sp³-hybridized carbons (Fsp3) is 0.529. The van der Waals surface area contributed by atoms with Crippen molar-refractivity contribution >= 4 is 11.0 Å². The summed E-state index contributed by atoms with van der Waals surface area (Å²) in [7, 11) is 0. The highest BCUT2D eigenvalue weighted by Crippen LogP contribution is 2.18. The van der Waals surface area contributed by atoms with Crippen molar-refractivity contribution in [3.8, 4) is 0 Å². The van der Waals surface area contributed by atoms with Gasteiger partial charge in [0, 0.05) is 0 Å². The summed E-state index contributed by atoms with van der Waals surface area (Å²) in [6.07, 6.45) is 6.94. The second kappa shape index (κ2) is 6.65. The van der Waals surface area contributed by atoms with Gasteiger partial charge in [0.05, 0.1) is 22.4 Å². The molecule has 0 fully saturated rings. The molecule has 0 aliphatic heterocycles. The Bertz CT molecular complexity index is 546. The lowest BCUT2D eigenvalue weighted by Gasteiger charge is -2.09. The molecule has 2 aromatic rings. The first-order valence-corrected chi connectivity index (χ1v) is 7.50. The largest absolute Gasteiger partial charge is 0.249 e. The Morgan fingerprint density at radius 3 is 2.00 bits per heavy atom. The minimum absolute atomic E-state index is 1.04. The van der Waals surface area contributed by atoms with E-state index in [-0.39, 0.29) is 0 Å².